The van der Waals surface area contributed by atoms with Gasteiger partial charge < -0.3 is 19.3 Å². The van der Waals surface area contributed by atoms with E-state index in [4.69, 9.17) is 14.2 Å². The third-order valence-electron chi connectivity index (χ3n) is 7.46. The van der Waals surface area contributed by atoms with Gasteiger partial charge in [0.05, 0.1) is 6.61 Å². The first-order valence-corrected chi connectivity index (χ1v) is 15.2. The molecule has 0 spiro atoms. The van der Waals surface area contributed by atoms with Gasteiger partial charge in [-0.2, -0.15) is 0 Å². The molecule has 0 heterocycles. The largest absolute Gasteiger partial charge is 0.485 e. The van der Waals surface area contributed by atoms with E-state index in [0.717, 1.165) is 22.3 Å². The van der Waals surface area contributed by atoms with Crippen molar-refractivity contribution in [3.8, 4) is 11.5 Å². The standard InChI is InChI=1S/C39H39NO5/c1-2-43-39(42)37(40(26-30-15-7-3-8-16-30)27-31-17-9-4-10-18-31)38(41)34-23-24-35(44-28-32-19-11-5-12-20-32)36(25-34)45-29-33-21-13-6-14-22-33/h3-25,37-38,41H,2,26-29H2,1H3/t37-,38+/m0/s1. The summed E-state index contributed by atoms with van der Waals surface area (Å²) in [5.74, 6) is 0.531. The second kappa shape index (κ2) is 16.2. The van der Waals surface area contributed by atoms with Crippen molar-refractivity contribution < 1.29 is 24.1 Å². The number of hydrogen-bond donors (Lipinski definition) is 1. The van der Waals surface area contributed by atoms with Gasteiger partial charge >= 0.3 is 5.97 Å². The molecule has 0 radical (unpaired) electrons. The van der Waals surface area contributed by atoms with Gasteiger partial charge in [-0.15, -0.1) is 0 Å². The van der Waals surface area contributed by atoms with Crippen LogP contribution in [0.5, 0.6) is 11.5 Å². The lowest BCUT2D eigenvalue weighted by atomic mass is 9.98. The van der Waals surface area contributed by atoms with Crippen LogP contribution in [0, 0.1) is 0 Å². The summed E-state index contributed by atoms with van der Waals surface area (Å²) in [4.78, 5) is 15.6. The lowest BCUT2D eigenvalue weighted by Crippen LogP contribution is -2.45. The number of carbonyl (C=O) groups is 1. The predicted octanol–water partition coefficient (Wildman–Crippen LogP) is 7.51. The summed E-state index contributed by atoms with van der Waals surface area (Å²) in [6.45, 7) is 3.52. The zero-order chi connectivity index (χ0) is 31.3. The summed E-state index contributed by atoms with van der Waals surface area (Å²) in [6.07, 6.45) is -1.21. The van der Waals surface area contributed by atoms with E-state index in [0.29, 0.717) is 43.4 Å². The van der Waals surface area contributed by atoms with Gasteiger partial charge in [-0.1, -0.05) is 127 Å². The number of ether oxygens (including phenoxy) is 3. The van der Waals surface area contributed by atoms with Gasteiger partial charge in [0.25, 0.3) is 0 Å². The van der Waals surface area contributed by atoms with Gasteiger partial charge in [-0.05, 0) is 46.9 Å². The molecule has 230 valence electrons. The molecule has 0 saturated heterocycles. The highest BCUT2D eigenvalue weighted by Crippen LogP contribution is 2.35. The van der Waals surface area contributed by atoms with Crippen LogP contribution in [0.15, 0.2) is 140 Å². The number of carbonyl (C=O) groups excluding carboxylic acids is 1. The average Bonchev–Trinajstić information content (AvgIpc) is 3.08. The topological polar surface area (TPSA) is 68.2 Å². The normalized spacial score (nSPS) is 12.3. The van der Waals surface area contributed by atoms with Crippen LogP contribution in [0.1, 0.15) is 40.8 Å². The van der Waals surface area contributed by atoms with E-state index in [2.05, 4.69) is 0 Å². The Labute approximate surface area is 265 Å². The van der Waals surface area contributed by atoms with E-state index in [-0.39, 0.29) is 6.61 Å². The van der Waals surface area contributed by atoms with E-state index in [1.807, 2.05) is 126 Å². The van der Waals surface area contributed by atoms with Gasteiger partial charge in [0, 0.05) is 13.1 Å². The molecule has 0 amide bonds. The van der Waals surface area contributed by atoms with E-state index < -0.39 is 18.1 Å². The lowest BCUT2D eigenvalue weighted by Gasteiger charge is -2.33. The van der Waals surface area contributed by atoms with Crippen LogP contribution in [-0.2, 0) is 35.8 Å². The number of rotatable bonds is 15. The van der Waals surface area contributed by atoms with E-state index >= 15 is 0 Å². The van der Waals surface area contributed by atoms with Crippen LogP contribution in [0.2, 0.25) is 0 Å². The monoisotopic (exact) mass is 601 g/mol. The predicted molar refractivity (Wildman–Crippen MR) is 176 cm³/mol. The van der Waals surface area contributed by atoms with Crippen LogP contribution < -0.4 is 9.47 Å². The Morgan fingerprint density at radius 1 is 0.622 bits per heavy atom. The molecule has 0 bridgehead atoms. The molecule has 1 N–H and O–H groups in total. The van der Waals surface area contributed by atoms with Crippen LogP contribution >= 0.6 is 0 Å². The van der Waals surface area contributed by atoms with Crippen molar-refractivity contribution in [1.82, 2.24) is 4.90 Å². The summed E-state index contributed by atoms with van der Waals surface area (Å²) in [5, 5.41) is 12.0. The van der Waals surface area contributed by atoms with Crippen molar-refractivity contribution in [1.29, 1.82) is 0 Å². The minimum Gasteiger partial charge on any atom is -0.485 e. The van der Waals surface area contributed by atoms with Crippen LogP contribution in [0.4, 0.5) is 0 Å². The Balaban J connectivity index is 1.48. The van der Waals surface area contributed by atoms with Gasteiger partial charge in [0.2, 0.25) is 0 Å². The SMILES string of the molecule is CCOC(=O)[C@H]([C@H](O)c1ccc(OCc2ccccc2)c(OCc2ccccc2)c1)N(Cc1ccccc1)Cc1ccccc1. The summed E-state index contributed by atoms with van der Waals surface area (Å²) in [5.41, 5.74) is 4.58. The highest BCUT2D eigenvalue weighted by molar-refractivity contribution is 5.77. The Morgan fingerprint density at radius 3 is 1.53 bits per heavy atom. The first kappa shape index (κ1) is 31.5. The zero-order valence-corrected chi connectivity index (χ0v) is 25.5. The summed E-state index contributed by atoms with van der Waals surface area (Å²) >= 11 is 0. The highest BCUT2D eigenvalue weighted by Gasteiger charge is 2.36. The fourth-order valence-electron chi connectivity index (χ4n) is 5.19. The Morgan fingerprint density at radius 2 is 1.07 bits per heavy atom. The fraction of sp³-hybridized carbons (Fsp3) is 0.205. The molecule has 0 aliphatic rings. The second-order valence-corrected chi connectivity index (χ2v) is 10.8. The molecule has 0 fully saturated rings. The molecule has 0 unspecified atom stereocenters. The Kier molecular flexibility index (Phi) is 11.4. The van der Waals surface area contributed by atoms with E-state index in [1.54, 1.807) is 25.1 Å². The minimum atomic E-state index is -1.21. The van der Waals surface area contributed by atoms with Crippen LogP contribution in [0.3, 0.4) is 0 Å². The summed E-state index contributed by atoms with van der Waals surface area (Å²) < 4.78 is 18.0. The molecule has 6 heteroatoms. The zero-order valence-electron chi connectivity index (χ0n) is 25.5. The minimum absolute atomic E-state index is 0.199. The third kappa shape index (κ3) is 9.05. The van der Waals surface area contributed by atoms with Crippen molar-refractivity contribution in [3.05, 3.63) is 167 Å². The number of esters is 1. The van der Waals surface area contributed by atoms with E-state index in [1.165, 1.54) is 0 Å². The molecule has 45 heavy (non-hydrogen) atoms. The summed E-state index contributed by atoms with van der Waals surface area (Å²) in [6, 6.07) is 44.0. The molecule has 0 aromatic heterocycles. The number of hydrogen-bond acceptors (Lipinski definition) is 6. The summed E-state index contributed by atoms with van der Waals surface area (Å²) in [7, 11) is 0. The van der Waals surface area contributed by atoms with E-state index in [9.17, 15) is 9.90 Å². The molecule has 6 nitrogen and oxygen atoms in total. The molecule has 0 aliphatic carbocycles. The van der Waals surface area contributed by atoms with Gasteiger partial charge in [0.1, 0.15) is 25.4 Å². The van der Waals surface area contributed by atoms with Crippen molar-refractivity contribution >= 4 is 5.97 Å². The number of aliphatic hydroxyl groups excluding tert-OH is 1. The van der Waals surface area contributed by atoms with Crippen molar-refractivity contribution in [2.45, 2.75) is 45.4 Å². The van der Waals surface area contributed by atoms with Crippen LogP contribution in [0.25, 0.3) is 0 Å². The molecule has 5 aromatic rings. The van der Waals surface area contributed by atoms with Crippen LogP contribution in [-0.4, -0.2) is 28.6 Å². The molecule has 5 rings (SSSR count). The maximum absolute atomic E-state index is 13.6. The molecule has 0 aliphatic heterocycles. The van der Waals surface area contributed by atoms with Gasteiger partial charge in [0.15, 0.2) is 11.5 Å². The van der Waals surface area contributed by atoms with Crippen molar-refractivity contribution in [3.63, 3.8) is 0 Å². The molecular formula is C39H39NO5. The lowest BCUT2D eigenvalue weighted by molar-refractivity contribution is -0.155. The van der Waals surface area contributed by atoms with Gasteiger partial charge in [-0.25, -0.2) is 0 Å². The molecule has 0 saturated carbocycles. The van der Waals surface area contributed by atoms with Gasteiger partial charge in [-0.3, -0.25) is 9.69 Å². The first-order chi connectivity index (χ1) is 22.1. The smallest absolute Gasteiger partial charge is 0.326 e. The first-order valence-electron chi connectivity index (χ1n) is 15.2. The van der Waals surface area contributed by atoms with Crippen molar-refractivity contribution in [2.24, 2.45) is 0 Å². The Hall–Kier alpha value is -4.91. The molecular weight excluding hydrogens is 562 g/mol. The maximum Gasteiger partial charge on any atom is 0.326 e. The molecule has 2 atom stereocenters. The number of benzene rings is 5. The Bertz CT molecular complexity index is 1560. The fourth-order valence-corrected chi connectivity index (χ4v) is 5.19. The highest BCUT2D eigenvalue weighted by atomic mass is 16.5. The number of aliphatic hydroxyl groups is 1. The number of nitrogens with zero attached hydrogens (tertiary/aromatic N) is 1. The molecule has 5 aromatic carbocycles. The van der Waals surface area contributed by atoms with Crippen molar-refractivity contribution in [2.75, 3.05) is 6.61 Å². The average molecular weight is 602 g/mol. The quantitative estimate of drug-likeness (QED) is 0.125. The second-order valence-electron chi connectivity index (χ2n) is 10.8. The maximum atomic E-state index is 13.6. The third-order valence-corrected chi connectivity index (χ3v) is 7.46.